The normalized spacial score (nSPS) is 10.1. The average Bonchev–Trinajstić information content (AvgIpc) is 2.58. The van der Waals surface area contributed by atoms with Gasteiger partial charge in [-0.1, -0.05) is 30.8 Å². The highest BCUT2D eigenvalue weighted by molar-refractivity contribution is 7.98. The molecule has 1 aromatic carbocycles. The van der Waals surface area contributed by atoms with Crippen LogP contribution in [0.2, 0.25) is 0 Å². The summed E-state index contributed by atoms with van der Waals surface area (Å²) >= 11 is 1.34. The summed E-state index contributed by atoms with van der Waals surface area (Å²) in [6, 6.07) is 8.94. The maximum atomic E-state index is 11.9. The zero-order valence-electron chi connectivity index (χ0n) is 12.8. The van der Waals surface area contributed by atoms with E-state index in [4.69, 9.17) is 5.26 Å². The first kappa shape index (κ1) is 16.8. The number of benzene rings is 1. The summed E-state index contributed by atoms with van der Waals surface area (Å²) in [5, 5.41) is 9.43. The lowest BCUT2D eigenvalue weighted by atomic mass is 10.1. The summed E-state index contributed by atoms with van der Waals surface area (Å²) in [5.74, 6) is 0.137. The molecule has 0 saturated heterocycles. The molecule has 118 valence electrons. The molecule has 7 heteroatoms. The van der Waals surface area contributed by atoms with E-state index in [1.807, 2.05) is 19.1 Å². The third-order valence-electron chi connectivity index (χ3n) is 3.14. The van der Waals surface area contributed by atoms with Crippen molar-refractivity contribution in [2.75, 3.05) is 7.11 Å². The molecule has 0 spiro atoms. The number of aromatic amines is 1. The van der Waals surface area contributed by atoms with Gasteiger partial charge in [-0.2, -0.15) is 5.26 Å². The second-order valence-electron chi connectivity index (χ2n) is 4.64. The fourth-order valence-electron chi connectivity index (χ4n) is 1.99. The highest BCUT2D eigenvalue weighted by Gasteiger charge is 2.11. The second kappa shape index (κ2) is 7.61. The summed E-state index contributed by atoms with van der Waals surface area (Å²) in [6.07, 6.45) is 0.512. The number of ether oxygens (including phenoxy) is 1. The fraction of sp³-hybridized carbons (Fsp3) is 0.250. The number of nitrogens with one attached hydrogen (secondary N) is 1. The van der Waals surface area contributed by atoms with Crippen LogP contribution in [0.4, 0.5) is 0 Å². The van der Waals surface area contributed by atoms with E-state index in [-0.39, 0.29) is 5.56 Å². The van der Waals surface area contributed by atoms with Gasteiger partial charge in [-0.15, -0.1) is 0 Å². The maximum absolute atomic E-state index is 11.9. The van der Waals surface area contributed by atoms with Crippen molar-refractivity contribution in [1.29, 1.82) is 5.26 Å². The number of carbonyl (C=O) groups is 1. The Labute approximate surface area is 137 Å². The third-order valence-corrected chi connectivity index (χ3v) is 4.09. The van der Waals surface area contributed by atoms with Gasteiger partial charge in [-0.25, -0.2) is 9.78 Å². The number of aryl methyl sites for hydroxylation is 1. The summed E-state index contributed by atoms with van der Waals surface area (Å²) < 4.78 is 4.69. The largest absolute Gasteiger partial charge is 0.465 e. The highest BCUT2D eigenvalue weighted by Crippen LogP contribution is 2.20. The first-order valence-corrected chi connectivity index (χ1v) is 7.91. The van der Waals surface area contributed by atoms with Crippen molar-refractivity contribution in [3.63, 3.8) is 0 Å². The van der Waals surface area contributed by atoms with E-state index in [0.29, 0.717) is 28.6 Å². The van der Waals surface area contributed by atoms with E-state index >= 15 is 0 Å². The van der Waals surface area contributed by atoms with E-state index < -0.39 is 11.5 Å². The summed E-state index contributed by atoms with van der Waals surface area (Å²) in [5.41, 5.74) is 1.50. The Morgan fingerprint density at radius 2 is 2.26 bits per heavy atom. The molecule has 1 heterocycles. The SMILES string of the molecule is CCc1nc(SCc2cccc(C(=O)OC)c2)[nH]c(=O)c1C#N. The molecule has 0 fully saturated rings. The number of H-pyrrole nitrogens is 1. The zero-order valence-corrected chi connectivity index (χ0v) is 13.6. The molecule has 0 bridgehead atoms. The van der Waals surface area contributed by atoms with Crippen LogP contribution in [0.1, 0.15) is 34.1 Å². The number of thioether (sulfide) groups is 1. The van der Waals surface area contributed by atoms with E-state index in [1.54, 1.807) is 18.2 Å². The lowest BCUT2D eigenvalue weighted by Gasteiger charge is -2.06. The zero-order chi connectivity index (χ0) is 16.8. The summed E-state index contributed by atoms with van der Waals surface area (Å²) in [4.78, 5) is 30.3. The number of aromatic nitrogens is 2. The first-order valence-electron chi connectivity index (χ1n) is 6.92. The molecular formula is C16H15N3O3S. The highest BCUT2D eigenvalue weighted by atomic mass is 32.2. The molecule has 0 amide bonds. The van der Waals surface area contributed by atoms with Crippen LogP contribution in [0.3, 0.4) is 0 Å². The van der Waals surface area contributed by atoms with Crippen LogP contribution in [0.15, 0.2) is 34.2 Å². The topological polar surface area (TPSA) is 95.8 Å². The van der Waals surface area contributed by atoms with E-state index in [1.165, 1.54) is 18.9 Å². The number of carbonyl (C=O) groups excluding carboxylic acids is 1. The summed E-state index contributed by atoms with van der Waals surface area (Å²) in [7, 11) is 1.33. The quantitative estimate of drug-likeness (QED) is 0.513. The second-order valence-corrected chi connectivity index (χ2v) is 5.60. The number of esters is 1. The number of nitriles is 1. The van der Waals surface area contributed by atoms with Crippen molar-refractivity contribution in [1.82, 2.24) is 9.97 Å². The molecule has 0 saturated carbocycles. The summed E-state index contributed by atoms with van der Waals surface area (Å²) in [6.45, 7) is 1.84. The van der Waals surface area contributed by atoms with Gasteiger partial charge in [-0.05, 0) is 24.1 Å². The van der Waals surface area contributed by atoms with Gasteiger partial charge < -0.3 is 9.72 Å². The van der Waals surface area contributed by atoms with Gasteiger partial charge in [0.1, 0.15) is 11.6 Å². The molecule has 0 aliphatic rings. The number of hydrogen-bond acceptors (Lipinski definition) is 6. The van der Waals surface area contributed by atoms with Gasteiger partial charge in [-0.3, -0.25) is 4.79 Å². The molecule has 23 heavy (non-hydrogen) atoms. The Morgan fingerprint density at radius 3 is 2.91 bits per heavy atom. The predicted octanol–water partition coefficient (Wildman–Crippen LogP) is 2.28. The van der Waals surface area contributed by atoms with Gasteiger partial charge in [0.15, 0.2) is 5.16 Å². The third kappa shape index (κ3) is 3.99. The Kier molecular flexibility index (Phi) is 5.55. The van der Waals surface area contributed by atoms with Crippen LogP contribution < -0.4 is 5.56 Å². The fourth-order valence-corrected chi connectivity index (χ4v) is 2.82. The van der Waals surface area contributed by atoms with Crippen LogP contribution in [-0.2, 0) is 16.9 Å². The van der Waals surface area contributed by atoms with Gasteiger partial charge in [0.2, 0.25) is 0 Å². The van der Waals surface area contributed by atoms with Crippen molar-refractivity contribution in [2.24, 2.45) is 0 Å². The molecule has 1 N–H and O–H groups in total. The molecule has 1 aromatic heterocycles. The van der Waals surface area contributed by atoms with Gasteiger partial charge >= 0.3 is 5.97 Å². The molecule has 0 aliphatic heterocycles. The Balaban J connectivity index is 2.19. The minimum atomic E-state index is -0.426. The lowest BCUT2D eigenvalue weighted by Crippen LogP contribution is -2.16. The number of rotatable bonds is 5. The average molecular weight is 329 g/mol. The number of nitrogens with zero attached hydrogens (tertiary/aromatic N) is 2. The minimum absolute atomic E-state index is 0.0598. The van der Waals surface area contributed by atoms with E-state index in [0.717, 1.165) is 5.56 Å². The Morgan fingerprint density at radius 1 is 1.48 bits per heavy atom. The van der Waals surface area contributed by atoms with Gasteiger partial charge in [0, 0.05) is 5.75 Å². The van der Waals surface area contributed by atoms with Crippen molar-refractivity contribution in [3.05, 3.63) is 57.0 Å². The van der Waals surface area contributed by atoms with Crippen LogP contribution >= 0.6 is 11.8 Å². The molecule has 0 radical (unpaired) electrons. The first-order chi connectivity index (χ1) is 11.1. The number of methoxy groups -OCH3 is 1. The Bertz CT molecular complexity index is 824. The van der Waals surface area contributed by atoms with Crippen molar-refractivity contribution >= 4 is 17.7 Å². The molecule has 2 aromatic rings. The van der Waals surface area contributed by atoms with E-state index in [9.17, 15) is 9.59 Å². The van der Waals surface area contributed by atoms with Crippen molar-refractivity contribution in [3.8, 4) is 6.07 Å². The van der Waals surface area contributed by atoms with Crippen LogP contribution in [0.5, 0.6) is 0 Å². The molecule has 6 nitrogen and oxygen atoms in total. The lowest BCUT2D eigenvalue weighted by molar-refractivity contribution is 0.0600. The monoisotopic (exact) mass is 329 g/mol. The van der Waals surface area contributed by atoms with E-state index in [2.05, 4.69) is 14.7 Å². The van der Waals surface area contributed by atoms with Gasteiger partial charge in [0.25, 0.3) is 5.56 Å². The van der Waals surface area contributed by atoms with Crippen molar-refractivity contribution in [2.45, 2.75) is 24.3 Å². The molecular weight excluding hydrogens is 314 g/mol. The Hall–Kier alpha value is -2.59. The predicted molar refractivity (Wildman–Crippen MR) is 86.3 cm³/mol. The molecule has 2 rings (SSSR count). The maximum Gasteiger partial charge on any atom is 0.337 e. The number of hydrogen-bond donors (Lipinski definition) is 1. The van der Waals surface area contributed by atoms with Crippen molar-refractivity contribution < 1.29 is 9.53 Å². The smallest absolute Gasteiger partial charge is 0.337 e. The van der Waals surface area contributed by atoms with Crippen LogP contribution in [0.25, 0.3) is 0 Å². The van der Waals surface area contributed by atoms with Crippen LogP contribution in [0, 0.1) is 11.3 Å². The molecule has 0 aliphatic carbocycles. The molecule has 0 atom stereocenters. The minimum Gasteiger partial charge on any atom is -0.465 e. The standard InChI is InChI=1S/C16H15N3O3S/c1-3-13-12(8-17)14(20)19-16(18-13)23-9-10-5-4-6-11(7-10)15(21)22-2/h4-7H,3,9H2,1-2H3,(H,18,19,20). The van der Waals surface area contributed by atoms with Crippen LogP contribution in [-0.4, -0.2) is 23.0 Å². The van der Waals surface area contributed by atoms with Gasteiger partial charge in [0.05, 0.1) is 18.4 Å². The molecule has 0 unspecified atom stereocenters.